The summed E-state index contributed by atoms with van der Waals surface area (Å²) in [5.74, 6) is 0.685. The van der Waals surface area contributed by atoms with Crippen molar-refractivity contribution < 1.29 is 56.3 Å². The van der Waals surface area contributed by atoms with Crippen LogP contribution < -0.4 is 16.4 Å². The number of rotatable bonds is 9. The van der Waals surface area contributed by atoms with Crippen LogP contribution in [0.2, 0.25) is 0 Å². The molecule has 8 rings (SSSR count). The summed E-state index contributed by atoms with van der Waals surface area (Å²) in [5.41, 5.74) is 12.8. The molecule has 279 valence electrons. The fourth-order valence-electron chi connectivity index (χ4n) is 6.92. The van der Waals surface area contributed by atoms with E-state index in [9.17, 15) is 10.0 Å². The van der Waals surface area contributed by atoms with E-state index in [1.165, 1.54) is 35.1 Å². The van der Waals surface area contributed by atoms with Crippen LogP contribution in [-0.4, -0.2) is 68.7 Å². The monoisotopic (exact) mass is 874 g/mol. The van der Waals surface area contributed by atoms with Crippen molar-refractivity contribution in [2.45, 2.75) is 56.5 Å². The van der Waals surface area contributed by atoms with E-state index in [1.54, 1.807) is 0 Å². The Labute approximate surface area is 332 Å². The van der Waals surface area contributed by atoms with Crippen LogP contribution in [0.1, 0.15) is 50.9 Å². The molecule has 1 aliphatic carbocycles. The molecule has 3 heterocycles. The maximum absolute atomic E-state index is 9.79. The fourth-order valence-corrected chi connectivity index (χ4v) is 7.40. The van der Waals surface area contributed by atoms with Gasteiger partial charge in [0.25, 0.3) is 0 Å². The Morgan fingerprint density at radius 3 is 1.83 bits per heavy atom. The standard InChI is InChI=1S/C17H17BO2.C13H20BNO3.C8H8BIO2.Mn.2O/c19-18-17-10-12(5-6-16(17)11-20-18)7-13-8-14-3-1-2-4-15(14)9-13;1-15(2)6-3-7-17-14-13-8-11(9-16)4-5-12(13)10-18-14;10-4-6-1-2-7-5-12-9(11)8(7)3-6;;;/h1-6,10,13,19H,7-9,11H2;4-5,8,16H,3,6-7,9-10H2,1-2H3;1-3,11H,4-5H2;;;. The SMILES string of the molecule is CN(C)CCCOB1OCc2ccc(CO)cc21.OB1OCc2ccc(CC3Cc4ccccc4C3)cc21.OB1OCc2ccc(CI)cc21.[O]=[Mn]=[O]. The first-order valence-electron chi connectivity index (χ1n) is 17.7. The van der Waals surface area contributed by atoms with Gasteiger partial charge >= 0.3 is 43.8 Å². The molecule has 10 nitrogen and oxygen atoms in total. The first-order chi connectivity index (χ1) is 25.7. The molecule has 0 spiro atoms. The Kier molecular flexibility index (Phi) is 16.6. The van der Waals surface area contributed by atoms with E-state index in [0.717, 1.165) is 62.5 Å². The Hall–Kier alpha value is -2.40. The molecule has 4 aromatic carbocycles. The molecule has 0 unspecified atom stereocenters. The number of nitrogens with zero attached hydrogens (tertiary/aromatic N) is 1. The number of aliphatic hydroxyl groups is 1. The van der Waals surface area contributed by atoms with Gasteiger partial charge in [-0.3, -0.25) is 0 Å². The summed E-state index contributed by atoms with van der Waals surface area (Å²) in [6.07, 6.45) is 4.41. The predicted molar refractivity (Wildman–Crippen MR) is 209 cm³/mol. The van der Waals surface area contributed by atoms with Crippen molar-refractivity contribution in [1.29, 1.82) is 0 Å². The second kappa shape index (κ2) is 21.1. The van der Waals surface area contributed by atoms with Crippen LogP contribution >= 0.6 is 22.6 Å². The summed E-state index contributed by atoms with van der Waals surface area (Å²) in [4.78, 5) is 2.14. The first kappa shape index (κ1) is 41.8. The molecule has 15 heteroatoms. The topological polar surface area (TPSA) is 135 Å². The summed E-state index contributed by atoms with van der Waals surface area (Å²) in [7, 11) is 2.39. The van der Waals surface area contributed by atoms with Crippen LogP contribution in [-0.2, 0) is 91.2 Å². The van der Waals surface area contributed by atoms with E-state index in [0.29, 0.717) is 32.3 Å². The van der Waals surface area contributed by atoms with Gasteiger partial charge in [-0.25, -0.2) is 0 Å². The third kappa shape index (κ3) is 11.8. The molecule has 4 aromatic rings. The Morgan fingerprint density at radius 2 is 1.26 bits per heavy atom. The predicted octanol–water partition coefficient (Wildman–Crippen LogP) is 2.83. The summed E-state index contributed by atoms with van der Waals surface area (Å²) in [6.45, 7) is 3.42. The molecule has 0 atom stereocenters. The van der Waals surface area contributed by atoms with Gasteiger partial charge in [-0.1, -0.05) is 101 Å². The number of hydrogen-bond acceptors (Lipinski definition) is 10. The Balaban J connectivity index is 0.000000152. The molecule has 0 radical (unpaired) electrons. The molecule has 0 bridgehead atoms. The average Bonchev–Trinajstić information content (AvgIpc) is 3.96. The van der Waals surface area contributed by atoms with Crippen LogP contribution in [0.4, 0.5) is 0 Å². The molecule has 3 N–H and O–H groups in total. The first-order valence-corrected chi connectivity index (χ1v) is 20.2. The van der Waals surface area contributed by atoms with Crippen molar-refractivity contribution in [1.82, 2.24) is 4.90 Å². The molecule has 0 saturated heterocycles. The Morgan fingerprint density at radius 1 is 0.755 bits per heavy atom. The molecular weight excluding hydrogens is 829 g/mol. The molecule has 53 heavy (non-hydrogen) atoms. The molecule has 0 saturated carbocycles. The number of hydrogen-bond donors (Lipinski definition) is 3. The van der Waals surface area contributed by atoms with Gasteiger partial charge in [-0.15, -0.1) is 0 Å². The maximum atomic E-state index is 9.79. The normalized spacial score (nSPS) is 15.0. The second-order valence-corrected chi connectivity index (χ2v) is 14.7. The van der Waals surface area contributed by atoms with Crippen molar-refractivity contribution in [2.75, 3.05) is 27.2 Å². The summed E-state index contributed by atoms with van der Waals surface area (Å²) >= 11 is 0.866. The summed E-state index contributed by atoms with van der Waals surface area (Å²) in [6, 6.07) is 27.2. The van der Waals surface area contributed by atoms with E-state index >= 15 is 0 Å². The van der Waals surface area contributed by atoms with Crippen LogP contribution in [0.3, 0.4) is 0 Å². The van der Waals surface area contributed by atoms with Crippen LogP contribution in [0.25, 0.3) is 0 Å². The van der Waals surface area contributed by atoms with Crippen molar-refractivity contribution in [3.8, 4) is 0 Å². The number of halogens is 1. The van der Waals surface area contributed by atoms with Crippen LogP contribution in [0.5, 0.6) is 0 Å². The minimum absolute atomic E-state index is 0.0562. The van der Waals surface area contributed by atoms with Gasteiger partial charge in [0.15, 0.2) is 0 Å². The van der Waals surface area contributed by atoms with Crippen molar-refractivity contribution in [3.63, 3.8) is 0 Å². The van der Waals surface area contributed by atoms with Gasteiger partial charge in [0, 0.05) is 11.0 Å². The van der Waals surface area contributed by atoms with E-state index in [1.807, 2.05) is 30.3 Å². The van der Waals surface area contributed by atoms with E-state index in [2.05, 4.69) is 90.1 Å². The zero-order valence-electron chi connectivity index (χ0n) is 30.1. The molecule has 3 aliphatic heterocycles. The quantitative estimate of drug-likeness (QED) is 0.0999. The molecule has 0 aromatic heterocycles. The number of aliphatic hydroxyl groups excluding tert-OH is 1. The molecule has 0 amide bonds. The van der Waals surface area contributed by atoms with Crippen LogP contribution in [0, 0.1) is 5.92 Å². The number of alkyl halides is 1. The third-order valence-electron chi connectivity index (χ3n) is 9.62. The van der Waals surface area contributed by atoms with E-state index < -0.39 is 29.1 Å². The summed E-state index contributed by atoms with van der Waals surface area (Å²) < 4.78 is 39.5. The Bertz CT molecular complexity index is 1820. The number of benzene rings is 4. The fraction of sp³-hybridized carbons (Fsp3) is 0.368. The molecule has 0 fully saturated rings. The second-order valence-electron chi connectivity index (χ2n) is 13.7. The van der Waals surface area contributed by atoms with Gasteiger partial charge < -0.3 is 38.7 Å². The van der Waals surface area contributed by atoms with Gasteiger partial charge in [0.2, 0.25) is 0 Å². The van der Waals surface area contributed by atoms with Gasteiger partial charge in [0.05, 0.1) is 26.4 Å². The van der Waals surface area contributed by atoms with Gasteiger partial charge in [-0.05, 0) is 113 Å². The summed E-state index contributed by atoms with van der Waals surface area (Å²) in [5, 5.41) is 28.3. The minimum atomic E-state index is -1.44. The third-order valence-corrected chi connectivity index (χ3v) is 10.5. The zero-order chi connectivity index (χ0) is 37.7. The van der Waals surface area contributed by atoms with E-state index in [-0.39, 0.29) is 13.7 Å². The van der Waals surface area contributed by atoms with E-state index in [4.69, 9.17) is 31.4 Å². The average molecular weight is 874 g/mol. The van der Waals surface area contributed by atoms with Crippen molar-refractivity contribution >= 4 is 60.3 Å². The number of fused-ring (bicyclic) bond motifs is 4. The zero-order valence-corrected chi connectivity index (χ0v) is 33.4. The van der Waals surface area contributed by atoms with Crippen molar-refractivity contribution in [3.05, 3.63) is 123 Å². The molecule has 4 aliphatic rings. The van der Waals surface area contributed by atoms with Gasteiger partial charge in [-0.2, -0.15) is 0 Å². The van der Waals surface area contributed by atoms with Crippen LogP contribution in [0.15, 0.2) is 78.9 Å². The molecular formula is C38H45B3IMnNO9. The van der Waals surface area contributed by atoms with Crippen molar-refractivity contribution in [2.24, 2.45) is 5.92 Å². The van der Waals surface area contributed by atoms with Gasteiger partial charge in [0.1, 0.15) is 0 Å².